The quantitative estimate of drug-likeness (QED) is 0.866. The summed E-state index contributed by atoms with van der Waals surface area (Å²) in [5.41, 5.74) is 3.85. The molecule has 0 bridgehead atoms. The highest BCUT2D eigenvalue weighted by Crippen LogP contribution is 2.39. The number of nitrogens with zero attached hydrogens (tertiary/aromatic N) is 1. The number of hydrogen-bond acceptors (Lipinski definition) is 2. The molecule has 4 rings (SSSR count). The summed E-state index contributed by atoms with van der Waals surface area (Å²) in [6.45, 7) is 5.03. The normalized spacial score (nSPS) is 26.5. The summed E-state index contributed by atoms with van der Waals surface area (Å²) >= 11 is 0. The minimum atomic E-state index is -0.409. The first-order chi connectivity index (χ1) is 11.1. The Morgan fingerprint density at radius 1 is 1.17 bits per heavy atom. The molecule has 1 spiro atoms. The van der Waals surface area contributed by atoms with E-state index in [0.717, 1.165) is 43.4 Å². The Hall–Kier alpha value is -2.10. The Morgan fingerprint density at radius 2 is 2.00 bits per heavy atom. The number of piperidine rings is 1. The van der Waals surface area contributed by atoms with Crippen molar-refractivity contribution in [3.05, 3.63) is 47.2 Å². The third-order valence-electron chi connectivity index (χ3n) is 5.66. The Bertz CT molecular complexity index is 709. The fourth-order valence-corrected chi connectivity index (χ4v) is 4.18. The number of allylic oxidation sites excluding steroid dienone is 1. The molecule has 2 fully saturated rings. The number of hydrogen-bond donors (Lipinski definition) is 1. The molecule has 1 aromatic carbocycles. The first-order valence-corrected chi connectivity index (χ1v) is 8.48. The molecule has 0 saturated carbocycles. The third kappa shape index (κ3) is 2.37. The molecule has 1 atom stereocenters. The van der Waals surface area contributed by atoms with Crippen molar-refractivity contribution in [1.82, 2.24) is 10.2 Å². The molecule has 0 radical (unpaired) electrons. The number of fused-ring (bicyclic) bond motifs is 1. The number of likely N-dealkylation sites (tertiary alicyclic amines) is 1. The van der Waals surface area contributed by atoms with E-state index >= 15 is 0 Å². The van der Waals surface area contributed by atoms with Crippen LogP contribution in [-0.2, 0) is 17.6 Å². The average molecular weight is 310 g/mol. The lowest BCUT2D eigenvalue weighted by Crippen LogP contribution is -2.46. The maximum absolute atomic E-state index is 12.8. The molecule has 2 saturated heterocycles. The standard InChI is InChI=1S/C19H22N2O2/c1-13-7-8-19(18(23)20-13)9-10-21(12-19)17(22)16-6-5-14-3-2-4-15(14)11-16/h5-6,11H,1-4,7-10,12H2,(H,20,23). The summed E-state index contributed by atoms with van der Waals surface area (Å²) in [6, 6.07) is 6.09. The van der Waals surface area contributed by atoms with Crippen molar-refractivity contribution in [2.75, 3.05) is 13.1 Å². The van der Waals surface area contributed by atoms with Gasteiger partial charge in [0.05, 0.1) is 5.41 Å². The predicted molar refractivity (Wildman–Crippen MR) is 87.9 cm³/mol. The van der Waals surface area contributed by atoms with E-state index in [1.54, 1.807) is 0 Å². The van der Waals surface area contributed by atoms with E-state index in [1.165, 1.54) is 17.5 Å². The van der Waals surface area contributed by atoms with Gasteiger partial charge in [0.2, 0.25) is 5.91 Å². The molecular formula is C19H22N2O2. The molecule has 3 aliphatic rings. The number of rotatable bonds is 1. The van der Waals surface area contributed by atoms with E-state index in [1.807, 2.05) is 11.0 Å². The largest absolute Gasteiger partial charge is 0.338 e. The average Bonchev–Trinajstić information content (AvgIpc) is 3.18. The molecule has 0 aromatic heterocycles. The Morgan fingerprint density at radius 3 is 2.83 bits per heavy atom. The van der Waals surface area contributed by atoms with Crippen LogP contribution >= 0.6 is 0 Å². The lowest BCUT2D eigenvalue weighted by atomic mass is 9.78. The van der Waals surface area contributed by atoms with Gasteiger partial charge in [-0.15, -0.1) is 0 Å². The Balaban J connectivity index is 1.52. The van der Waals surface area contributed by atoms with Gasteiger partial charge in [-0.1, -0.05) is 12.6 Å². The van der Waals surface area contributed by atoms with Gasteiger partial charge in [-0.05, 0) is 61.8 Å². The molecule has 2 amide bonds. The van der Waals surface area contributed by atoms with Crippen LogP contribution in [0.3, 0.4) is 0 Å². The summed E-state index contributed by atoms with van der Waals surface area (Å²) in [4.78, 5) is 27.0. The Kier molecular flexibility index (Phi) is 3.29. The van der Waals surface area contributed by atoms with E-state index in [9.17, 15) is 9.59 Å². The van der Waals surface area contributed by atoms with Crippen molar-refractivity contribution >= 4 is 11.8 Å². The van der Waals surface area contributed by atoms with Gasteiger partial charge in [-0.25, -0.2) is 0 Å². The molecule has 23 heavy (non-hydrogen) atoms. The van der Waals surface area contributed by atoms with Gasteiger partial charge in [0.25, 0.3) is 5.91 Å². The lowest BCUT2D eigenvalue weighted by molar-refractivity contribution is -0.131. The van der Waals surface area contributed by atoms with Crippen LogP contribution in [0.2, 0.25) is 0 Å². The first-order valence-electron chi connectivity index (χ1n) is 8.48. The summed E-state index contributed by atoms with van der Waals surface area (Å²) in [5, 5.41) is 2.87. The second-order valence-electron chi connectivity index (χ2n) is 7.15. The number of nitrogens with one attached hydrogen (secondary N) is 1. The van der Waals surface area contributed by atoms with Gasteiger partial charge in [0, 0.05) is 24.4 Å². The first kappa shape index (κ1) is 14.5. The molecule has 1 N–H and O–H groups in total. The minimum absolute atomic E-state index is 0.0398. The SMILES string of the molecule is C=C1CCC2(CCN(C(=O)c3ccc4c(c3)CCC4)C2)C(=O)N1. The van der Waals surface area contributed by atoms with Gasteiger partial charge in [0.1, 0.15) is 0 Å². The fraction of sp³-hybridized carbons (Fsp3) is 0.474. The van der Waals surface area contributed by atoms with E-state index in [4.69, 9.17) is 0 Å². The number of aryl methyl sites for hydroxylation is 2. The molecule has 4 heteroatoms. The number of amides is 2. The second kappa shape index (κ2) is 5.22. The molecule has 120 valence electrons. The van der Waals surface area contributed by atoms with Crippen molar-refractivity contribution in [3.8, 4) is 0 Å². The van der Waals surface area contributed by atoms with Gasteiger partial charge in [-0.2, -0.15) is 0 Å². The minimum Gasteiger partial charge on any atom is -0.338 e. The van der Waals surface area contributed by atoms with Crippen molar-refractivity contribution in [1.29, 1.82) is 0 Å². The van der Waals surface area contributed by atoms with Crippen LogP contribution in [0.5, 0.6) is 0 Å². The fourth-order valence-electron chi connectivity index (χ4n) is 4.18. The molecular weight excluding hydrogens is 288 g/mol. The molecule has 1 unspecified atom stereocenters. The predicted octanol–water partition coefficient (Wildman–Crippen LogP) is 2.43. The van der Waals surface area contributed by atoms with Crippen LogP contribution in [0.25, 0.3) is 0 Å². The second-order valence-corrected chi connectivity index (χ2v) is 7.15. The van der Waals surface area contributed by atoms with Crippen LogP contribution in [0.4, 0.5) is 0 Å². The van der Waals surface area contributed by atoms with E-state index in [2.05, 4.69) is 24.0 Å². The zero-order valence-corrected chi connectivity index (χ0v) is 13.4. The summed E-state index contributed by atoms with van der Waals surface area (Å²) in [7, 11) is 0. The van der Waals surface area contributed by atoms with Gasteiger partial charge in [0.15, 0.2) is 0 Å². The smallest absolute Gasteiger partial charge is 0.253 e. The summed E-state index contributed by atoms with van der Waals surface area (Å²) < 4.78 is 0. The number of benzene rings is 1. The van der Waals surface area contributed by atoms with Crippen LogP contribution in [-0.4, -0.2) is 29.8 Å². The van der Waals surface area contributed by atoms with E-state index in [0.29, 0.717) is 13.1 Å². The number of carbonyl (C=O) groups excluding carboxylic acids is 2. The monoisotopic (exact) mass is 310 g/mol. The number of carbonyl (C=O) groups is 2. The maximum atomic E-state index is 12.8. The Labute approximate surface area is 136 Å². The van der Waals surface area contributed by atoms with Crippen molar-refractivity contribution in [3.63, 3.8) is 0 Å². The molecule has 2 heterocycles. The molecule has 4 nitrogen and oxygen atoms in total. The van der Waals surface area contributed by atoms with Gasteiger partial charge < -0.3 is 10.2 Å². The summed E-state index contributed by atoms with van der Waals surface area (Å²) in [6.07, 6.45) is 5.75. The molecule has 2 aliphatic heterocycles. The van der Waals surface area contributed by atoms with Crippen LogP contribution in [0, 0.1) is 5.41 Å². The zero-order valence-electron chi connectivity index (χ0n) is 13.4. The zero-order chi connectivity index (χ0) is 16.0. The van der Waals surface area contributed by atoms with Crippen molar-refractivity contribution in [2.45, 2.75) is 38.5 Å². The molecule has 1 aromatic rings. The highest BCUT2D eigenvalue weighted by atomic mass is 16.2. The lowest BCUT2D eigenvalue weighted by Gasteiger charge is -2.33. The van der Waals surface area contributed by atoms with Gasteiger partial charge >= 0.3 is 0 Å². The van der Waals surface area contributed by atoms with Crippen molar-refractivity contribution < 1.29 is 9.59 Å². The highest BCUT2D eigenvalue weighted by molar-refractivity contribution is 5.96. The maximum Gasteiger partial charge on any atom is 0.253 e. The van der Waals surface area contributed by atoms with Gasteiger partial charge in [-0.3, -0.25) is 9.59 Å². The van der Waals surface area contributed by atoms with E-state index < -0.39 is 5.41 Å². The third-order valence-corrected chi connectivity index (χ3v) is 5.66. The van der Waals surface area contributed by atoms with E-state index in [-0.39, 0.29) is 11.8 Å². The summed E-state index contributed by atoms with van der Waals surface area (Å²) in [5.74, 6) is 0.103. The van der Waals surface area contributed by atoms with Crippen LogP contribution < -0.4 is 5.32 Å². The van der Waals surface area contributed by atoms with Crippen LogP contribution in [0.15, 0.2) is 30.5 Å². The van der Waals surface area contributed by atoms with Crippen molar-refractivity contribution in [2.24, 2.45) is 5.41 Å². The topological polar surface area (TPSA) is 49.4 Å². The van der Waals surface area contributed by atoms with Crippen LogP contribution in [0.1, 0.15) is 47.2 Å². The molecule has 1 aliphatic carbocycles. The highest BCUT2D eigenvalue weighted by Gasteiger charge is 2.47.